The van der Waals surface area contributed by atoms with Gasteiger partial charge in [0.25, 0.3) is 0 Å². The van der Waals surface area contributed by atoms with Crippen molar-refractivity contribution in [2.45, 2.75) is 30.7 Å². The van der Waals surface area contributed by atoms with Crippen molar-refractivity contribution in [3.05, 3.63) is 24.3 Å². The molecule has 24 heavy (non-hydrogen) atoms. The monoisotopic (exact) mass is 343 g/mol. The molecule has 134 valence electrons. The van der Waals surface area contributed by atoms with E-state index in [2.05, 4.69) is 4.74 Å². The van der Waals surface area contributed by atoms with E-state index in [0.29, 0.717) is 11.4 Å². The van der Waals surface area contributed by atoms with Crippen molar-refractivity contribution in [2.75, 3.05) is 26.1 Å². The number of carbonyl (C=O) groups is 1. The zero-order chi connectivity index (χ0) is 17.7. The molecule has 1 aliphatic heterocycles. The maximum atomic E-state index is 11.2. The third kappa shape index (κ3) is 4.34. The number of anilines is 1. The Morgan fingerprint density at radius 2 is 1.92 bits per heavy atom. The molecule has 5 N–H and O–H groups in total. The second-order valence-electron chi connectivity index (χ2n) is 5.25. The molecule has 9 heteroatoms. The Balaban J connectivity index is 2.09. The molecule has 1 aromatic rings. The molecule has 5 atom stereocenters. The zero-order valence-electron chi connectivity index (χ0n) is 13.1. The summed E-state index contributed by atoms with van der Waals surface area (Å²) in [7, 11) is 1.19. The average molecular weight is 343 g/mol. The number of ether oxygens (including phenoxy) is 4. The molecule has 1 aromatic carbocycles. The van der Waals surface area contributed by atoms with Gasteiger partial charge in [-0.05, 0) is 24.3 Å². The van der Waals surface area contributed by atoms with Gasteiger partial charge in [0.1, 0.15) is 36.8 Å². The van der Waals surface area contributed by atoms with Gasteiger partial charge in [-0.1, -0.05) is 0 Å². The van der Waals surface area contributed by atoms with Gasteiger partial charge in [-0.15, -0.1) is 0 Å². The second kappa shape index (κ2) is 8.27. The largest absolute Gasteiger partial charge is 0.467 e. The number of aliphatic hydroxyl groups excluding tert-OH is 3. The first-order valence-electron chi connectivity index (χ1n) is 7.29. The van der Waals surface area contributed by atoms with Gasteiger partial charge in [0.15, 0.2) is 0 Å². The lowest BCUT2D eigenvalue weighted by Gasteiger charge is -2.41. The number of hydrogen-bond donors (Lipinski definition) is 4. The summed E-state index contributed by atoms with van der Waals surface area (Å²) in [4.78, 5) is 11.2. The van der Waals surface area contributed by atoms with Crippen LogP contribution in [0.4, 0.5) is 5.69 Å². The highest BCUT2D eigenvalue weighted by Gasteiger charge is 2.46. The molecule has 0 amide bonds. The Morgan fingerprint density at radius 1 is 1.25 bits per heavy atom. The van der Waals surface area contributed by atoms with Crippen LogP contribution in [0.3, 0.4) is 0 Å². The van der Waals surface area contributed by atoms with Crippen LogP contribution < -0.4 is 10.5 Å². The third-order valence-corrected chi connectivity index (χ3v) is 3.58. The number of nitrogens with two attached hydrogens (primary N) is 1. The number of rotatable bonds is 6. The first kappa shape index (κ1) is 18.4. The molecule has 1 saturated heterocycles. The van der Waals surface area contributed by atoms with E-state index < -0.39 is 49.9 Å². The second-order valence-corrected chi connectivity index (χ2v) is 5.25. The SMILES string of the molecule is COC(=O)CO[C@@H]1[C@H](O)[C@@H](Oc2ccc(N)cc2)O[C@H](CO)[C@H]1O. The van der Waals surface area contributed by atoms with Crippen molar-refractivity contribution < 1.29 is 39.1 Å². The Hall–Kier alpha value is -1.91. The normalized spacial score (nSPS) is 29.9. The minimum absolute atomic E-state index is 0.369. The fourth-order valence-electron chi connectivity index (χ4n) is 2.25. The van der Waals surface area contributed by atoms with Gasteiger partial charge in [-0.25, -0.2) is 4.79 Å². The van der Waals surface area contributed by atoms with Crippen LogP contribution in [0, 0.1) is 0 Å². The van der Waals surface area contributed by atoms with Crippen LogP contribution in [0.25, 0.3) is 0 Å². The smallest absolute Gasteiger partial charge is 0.331 e. The van der Waals surface area contributed by atoms with E-state index in [9.17, 15) is 20.1 Å². The molecule has 0 unspecified atom stereocenters. The summed E-state index contributed by atoms with van der Waals surface area (Å²) in [5, 5.41) is 29.8. The number of methoxy groups -OCH3 is 1. The van der Waals surface area contributed by atoms with Crippen molar-refractivity contribution in [1.82, 2.24) is 0 Å². The predicted octanol–water partition coefficient (Wildman–Crippen LogP) is -1.36. The molecule has 1 aliphatic rings. The van der Waals surface area contributed by atoms with Crippen molar-refractivity contribution in [2.24, 2.45) is 0 Å². The highest BCUT2D eigenvalue weighted by Crippen LogP contribution is 2.26. The van der Waals surface area contributed by atoms with Crippen LogP contribution in [0.5, 0.6) is 5.75 Å². The van der Waals surface area contributed by atoms with Crippen LogP contribution in [0.15, 0.2) is 24.3 Å². The highest BCUT2D eigenvalue weighted by molar-refractivity contribution is 5.70. The Labute approximate surface area is 138 Å². The summed E-state index contributed by atoms with van der Waals surface area (Å²) in [6.45, 7) is -0.990. The molecule has 0 bridgehead atoms. The van der Waals surface area contributed by atoms with Crippen LogP contribution >= 0.6 is 0 Å². The highest BCUT2D eigenvalue weighted by atomic mass is 16.7. The maximum absolute atomic E-state index is 11.2. The minimum atomic E-state index is -1.40. The number of benzene rings is 1. The summed E-state index contributed by atoms with van der Waals surface area (Å²) >= 11 is 0. The van der Waals surface area contributed by atoms with Crippen LogP contribution in [-0.2, 0) is 19.0 Å². The van der Waals surface area contributed by atoms with Gasteiger partial charge < -0.3 is 40.0 Å². The number of carbonyl (C=O) groups excluding carboxylic acids is 1. The quantitative estimate of drug-likeness (QED) is 0.364. The van der Waals surface area contributed by atoms with Gasteiger partial charge in [-0.2, -0.15) is 0 Å². The first-order chi connectivity index (χ1) is 11.5. The van der Waals surface area contributed by atoms with E-state index in [1.807, 2.05) is 0 Å². The average Bonchev–Trinajstić information content (AvgIpc) is 2.58. The lowest BCUT2D eigenvalue weighted by atomic mass is 9.99. The molecule has 0 aliphatic carbocycles. The molecule has 0 spiro atoms. The third-order valence-electron chi connectivity index (χ3n) is 3.58. The van der Waals surface area contributed by atoms with E-state index in [4.69, 9.17) is 19.9 Å². The zero-order valence-corrected chi connectivity index (χ0v) is 13.1. The van der Waals surface area contributed by atoms with Gasteiger partial charge in [0.2, 0.25) is 6.29 Å². The Morgan fingerprint density at radius 3 is 2.50 bits per heavy atom. The molecular formula is C15H21NO8. The topological polar surface area (TPSA) is 141 Å². The molecule has 0 aromatic heterocycles. The van der Waals surface area contributed by atoms with Gasteiger partial charge in [0, 0.05) is 5.69 Å². The standard InChI is InChI=1S/C15H21NO8/c1-21-11(18)7-22-14-12(19)10(6-17)24-15(13(14)20)23-9-4-2-8(16)3-5-9/h2-5,10,12-15,17,19-20H,6-7,16H2,1H3/t10-,12-,13+,14+,15+/m1/s1. The maximum Gasteiger partial charge on any atom is 0.331 e. The minimum Gasteiger partial charge on any atom is -0.467 e. The predicted molar refractivity (Wildman–Crippen MR) is 81.0 cm³/mol. The lowest BCUT2D eigenvalue weighted by Crippen LogP contribution is -2.61. The van der Waals surface area contributed by atoms with Gasteiger partial charge in [0.05, 0.1) is 13.7 Å². The fraction of sp³-hybridized carbons (Fsp3) is 0.533. The van der Waals surface area contributed by atoms with Crippen LogP contribution in [0.2, 0.25) is 0 Å². The fourth-order valence-corrected chi connectivity index (χ4v) is 2.25. The van der Waals surface area contributed by atoms with E-state index in [1.165, 1.54) is 7.11 Å². The summed E-state index contributed by atoms with van der Waals surface area (Å²) in [5.74, 6) is -0.300. The number of aliphatic hydroxyl groups is 3. The van der Waals surface area contributed by atoms with E-state index >= 15 is 0 Å². The Bertz CT molecular complexity index is 537. The number of hydrogen-bond acceptors (Lipinski definition) is 9. The molecule has 1 heterocycles. The number of esters is 1. The molecule has 9 nitrogen and oxygen atoms in total. The van der Waals surface area contributed by atoms with Crippen molar-refractivity contribution in [3.8, 4) is 5.75 Å². The summed E-state index contributed by atoms with van der Waals surface area (Å²) < 4.78 is 20.5. The van der Waals surface area contributed by atoms with Crippen molar-refractivity contribution in [3.63, 3.8) is 0 Å². The van der Waals surface area contributed by atoms with Gasteiger partial charge in [-0.3, -0.25) is 0 Å². The molecule has 1 fully saturated rings. The summed E-state index contributed by atoms with van der Waals surface area (Å²) in [6, 6.07) is 6.37. The van der Waals surface area contributed by atoms with Crippen molar-refractivity contribution >= 4 is 11.7 Å². The number of nitrogen functional groups attached to an aromatic ring is 1. The van der Waals surface area contributed by atoms with E-state index in [0.717, 1.165) is 0 Å². The first-order valence-corrected chi connectivity index (χ1v) is 7.29. The van der Waals surface area contributed by atoms with Crippen LogP contribution in [0.1, 0.15) is 0 Å². The van der Waals surface area contributed by atoms with E-state index in [-0.39, 0.29) is 0 Å². The molecule has 0 saturated carbocycles. The molecular weight excluding hydrogens is 322 g/mol. The Kier molecular flexibility index (Phi) is 6.35. The summed E-state index contributed by atoms with van der Waals surface area (Å²) in [6.07, 6.45) is -6.20. The van der Waals surface area contributed by atoms with Gasteiger partial charge >= 0.3 is 5.97 Å². The van der Waals surface area contributed by atoms with Crippen molar-refractivity contribution in [1.29, 1.82) is 0 Å². The van der Waals surface area contributed by atoms with E-state index in [1.54, 1.807) is 24.3 Å². The molecule has 0 radical (unpaired) electrons. The van der Waals surface area contributed by atoms with Crippen LogP contribution in [-0.4, -0.2) is 72.3 Å². The molecule has 2 rings (SSSR count). The summed E-state index contributed by atoms with van der Waals surface area (Å²) in [5.41, 5.74) is 6.12. The lowest BCUT2D eigenvalue weighted by molar-refractivity contribution is -0.285.